The largest absolute Gasteiger partial charge is 0.508 e. The molecule has 0 spiro atoms. The van der Waals surface area contributed by atoms with E-state index in [0.29, 0.717) is 49.8 Å². The van der Waals surface area contributed by atoms with Crippen molar-refractivity contribution >= 4 is 94.7 Å². The maximum Gasteiger partial charge on any atom is 0.326 e. The van der Waals surface area contributed by atoms with Crippen molar-refractivity contribution in [3.05, 3.63) is 65.7 Å². The van der Waals surface area contributed by atoms with Gasteiger partial charge >= 0.3 is 5.97 Å². The van der Waals surface area contributed by atoms with Gasteiger partial charge in [-0.15, -0.1) is 0 Å². The van der Waals surface area contributed by atoms with Crippen molar-refractivity contribution in [1.29, 1.82) is 0 Å². The van der Waals surface area contributed by atoms with Crippen LogP contribution >= 0.6 is 0 Å². The van der Waals surface area contributed by atoms with E-state index in [4.69, 9.17) is 51.6 Å². The second kappa shape index (κ2) is 52.4. The fourth-order valence-electron chi connectivity index (χ4n) is 12.4. The molecule has 39 nitrogen and oxygen atoms in total. The molecule has 39 heteroatoms. The standard InChI is InChI=1S/C75H126N24O15/c1-7-45(6)61(70(111)94-53(25-17-35-87-75(83)84)71(112)99-36-18-26-58(99)69(110)93-50(21-11-13-31-76)64(105)96-56(38-44(4)5)67(108)95-54(72(113)114)22-12-14-32-77)98-65(106)52(24-16-34-86-74(81)82)91-63(104)51(23-15-33-85-73(79)80)92-66(107)55(37-43(2)3)97-68(109)57(40-46-19-9-8-10-20-46)90-60(102)42-88-59(101)41-89-62(103)49(78)39-47-27-29-48(100)30-28-47/h8-10,19-20,27-30,43-45,49-58,61,100H,7,11-18,21-26,31-42,76-78H2,1-6H3,(H,88,101)(H,89,103)(H,90,102)(H,91,104)(H,92,107)(H,93,110)(H,94,111)(H,95,108)(H,96,105)(H,97,109)(H,98,106)(H,113,114)(H4,79,80,85)(H4,81,82,86)(H4,83,84,87)/t45-,49-,50+,51-,52+,53-,54-,55+,56+,57+,58+,61+/m1/s1. The molecule has 0 bridgehead atoms. The van der Waals surface area contributed by atoms with Gasteiger partial charge in [0.2, 0.25) is 70.9 Å². The summed E-state index contributed by atoms with van der Waals surface area (Å²) in [6.45, 7) is 10.00. The number of aliphatic imine (C=N–C) groups is 3. The van der Waals surface area contributed by atoms with Gasteiger partial charge in [0.25, 0.3) is 0 Å². The number of amides is 12. The van der Waals surface area contributed by atoms with Crippen molar-refractivity contribution in [2.45, 2.75) is 230 Å². The van der Waals surface area contributed by atoms with Gasteiger partial charge in [0, 0.05) is 32.6 Å². The van der Waals surface area contributed by atoms with Gasteiger partial charge < -0.3 is 125 Å². The summed E-state index contributed by atoms with van der Waals surface area (Å²) in [4.78, 5) is 196. The van der Waals surface area contributed by atoms with Crippen LogP contribution in [0.5, 0.6) is 5.75 Å². The fraction of sp³-hybridized carbons (Fsp3) is 0.627. The molecule has 12 amide bonds. The number of nitrogens with two attached hydrogens (primary N) is 9. The molecule has 2 aromatic rings. The number of likely N-dealkylation sites (tertiary alicyclic amines) is 1. The average molecular weight is 1600 g/mol. The van der Waals surface area contributed by atoms with Crippen molar-refractivity contribution in [1.82, 2.24) is 63.4 Å². The van der Waals surface area contributed by atoms with Crippen molar-refractivity contribution in [2.24, 2.45) is 84.3 Å². The van der Waals surface area contributed by atoms with E-state index in [9.17, 15) is 67.7 Å². The quantitative estimate of drug-likeness (QED) is 0.0169. The molecule has 1 heterocycles. The summed E-state index contributed by atoms with van der Waals surface area (Å²) in [5, 5.41) is 48.8. The lowest BCUT2D eigenvalue weighted by Crippen LogP contribution is -2.61. The van der Waals surface area contributed by atoms with Crippen LogP contribution in [-0.2, 0) is 75.2 Å². The van der Waals surface area contributed by atoms with E-state index in [1.807, 2.05) is 13.8 Å². The van der Waals surface area contributed by atoms with E-state index in [-0.39, 0.29) is 158 Å². The van der Waals surface area contributed by atoms with Gasteiger partial charge in [0.15, 0.2) is 17.9 Å². The number of aromatic hydroxyl groups is 1. The summed E-state index contributed by atoms with van der Waals surface area (Å²) < 4.78 is 0. The predicted octanol–water partition coefficient (Wildman–Crippen LogP) is -4.27. The van der Waals surface area contributed by atoms with Crippen LogP contribution in [0, 0.1) is 17.8 Å². The molecule has 1 aliphatic heterocycles. The predicted molar refractivity (Wildman–Crippen MR) is 430 cm³/mol. The number of benzene rings is 2. The van der Waals surface area contributed by atoms with E-state index in [1.165, 1.54) is 17.0 Å². The summed E-state index contributed by atoms with van der Waals surface area (Å²) in [5.74, 6) is -12.5. The van der Waals surface area contributed by atoms with Crippen LogP contribution < -0.4 is 110 Å². The number of hydrogen-bond acceptors (Lipinski definition) is 20. The van der Waals surface area contributed by atoms with Crippen LogP contribution in [0.4, 0.5) is 0 Å². The molecule has 31 N–H and O–H groups in total. The number of carbonyl (C=O) groups excluding carboxylic acids is 12. The van der Waals surface area contributed by atoms with Crippen molar-refractivity contribution in [3.63, 3.8) is 0 Å². The minimum atomic E-state index is -1.48. The molecular weight excluding hydrogens is 1480 g/mol. The Morgan fingerprint density at radius 2 is 0.886 bits per heavy atom. The zero-order valence-electron chi connectivity index (χ0n) is 66.6. The summed E-state index contributed by atoms with van der Waals surface area (Å²) in [5.41, 5.74) is 52.6. The molecule has 0 unspecified atom stereocenters. The zero-order chi connectivity index (χ0) is 85.0. The zero-order valence-corrected chi connectivity index (χ0v) is 66.6. The molecule has 114 heavy (non-hydrogen) atoms. The summed E-state index contributed by atoms with van der Waals surface area (Å²) in [6, 6.07) is 0.244. The number of phenols is 1. The van der Waals surface area contributed by atoms with Crippen molar-refractivity contribution < 1.29 is 72.5 Å². The number of nitrogens with zero attached hydrogens (tertiary/aromatic N) is 4. The third-order valence-corrected chi connectivity index (χ3v) is 18.7. The Labute approximate surface area is 666 Å². The number of guanidine groups is 3. The van der Waals surface area contributed by atoms with Crippen LogP contribution in [-0.4, -0.2) is 229 Å². The van der Waals surface area contributed by atoms with E-state index in [1.54, 1.807) is 70.2 Å². The third-order valence-electron chi connectivity index (χ3n) is 18.7. The maximum absolute atomic E-state index is 15.1. The number of rotatable bonds is 54. The highest BCUT2D eigenvalue weighted by Crippen LogP contribution is 2.22. The first-order valence-corrected chi connectivity index (χ1v) is 39.0. The minimum absolute atomic E-state index is 0.00479. The number of hydrogen-bond donors (Lipinski definition) is 22. The Hall–Kier alpha value is -11.0. The Kier molecular flexibility index (Phi) is 44.7. The SMILES string of the molecule is CC[C@@H](C)[C@H](NC(=O)[C@H](CCCN=C(N)N)NC(=O)[C@@H](CCCN=C(N)N)NC(=O)[C@H](CC(C)C)NC(=O)[C@H](Cc1ccccc1)NC(=O)CNC(=O)CNC(=O)[C@H](N)Cc1ccc(O)cc1)C(=O)N[C@H](CCCN=C(N)N)C(=O)N1CCC[C@H]1C(=O)N[C@@H](CCCCN)C(=O)N[C@@H](CC(C)C)C(=O)N[C@H](CCCCN)C(=O)O. The molecule has 0 aliphatic carbocycles. The number of aliphatic carboxylic acids is 1. The molecule has 1 fully saturated rings. The van der Waals surface area contributed by atoms with Gasteiger partial charge in [-0.3, -0.25) is 72.5 Å². The Balaban J connectivity index is 1.97. The number of nitrogens with one attached hydrogen (secondary N) is 11. The summed E-state index contributed by atoms with van der Waals surface area (Å²) in [7, 11) is 0. The van der Waals surface area contributed by atoms with E-state index in [2.05, 4.69) is 73.5 Å². The Bertz CT molecular complexity index is 3520. The van der Waals surface area contributed by atoms with Gasteiger partial charge in [0.05, 0.1) is 19.1 Å². The van der Waals surface area contributed by atoms with Gasteiger partial charge in [0.1, 0.15) is 66.2 Å². The second-order valence-electron chi connectivity index (χ2n) is 29.3. The van der Waals surface area contributed by atoms with Crippen LogP contribution in [0.15, 0.2) is 69.6 Å². The number of carboxylic acids is 1. The molecule has 636 valence electrons. The highest BCUT2D eigenvalue weighted by atomic mass is 16.4. The molecule has 1 aliphatic rings. The minimum Gasteiger partial charge on any atom is -0.508 e. The molecule has 12 atom stereocenters. The van der Waals surface area contributed by atoms with Crippen LogP contribution in [0.3, 0.4) is 0 Å². The highest BCUT2D eigenvalue weighted by Gasteiger charge is 2.42. The van der Waals surface area contributed by atoms with Gasteiger partial charge in [-0.2, -0.15) is 0 Å². The molecule has 2 aromatic carbocycles. The highest BCUT2D eigenvalue weighted by molar-refractivity contribution is 6.00. The molecule has 3 rings (SSSR count). The van der Waals surface area contributed by atoms with Crippen LogP contribution in [0.1, 0.15) is 162 Å². The van der Waals surface area contributed by atoms with Crippen molar-refractivity contribution in [3.8, 4) is 5.75 Å². The lowest BCUT2D eigenvalue weighted by molar-refractivity contribution is -0.143. The van der Waals surface area contributed by atoms with Crippen LogP contribution in [0.2, 0.25) is 0 Å². The van der Waals surface area contributed by atoms with Gasteiger partial charge in [-0.25, -0.2) is 4.79 Å². The third kappa shape index (κ3) is 37.6. The first-order chi connectivity index (χ1) is 54.1. The first kappa shape index (κ1) is 97.2. The maximum atomic E-state index is 15.1. The Morgan fingerprint density at radius 3 is 1.37 bits per heavy atom. The average Bonchev–Trinajstić information content (AvgIpc) is 1.60. The van der Waals surface area contributed by atoms with Gasteiger partial charge in [-0.05, 0) is 163 Å². The first-order valence-electron chi connectivity index (χ1n) is 39.0. The molecule has 1 saturated heterocycles. The van der Waals surface area contributed by atoms with E-state index in [0.717, 1.165) is 0 Å². The lowest BCUT2D eigenvalue weighted by Gasteiger charge is -2.32. The van der Waals surface area contributed by atoms with Gasteiger partial charge in [-0.1, -0.05) is 90.4 Å². The number of carboxylic acid groups (broad SMARTS) is 1. The van der Waals surface area contributed by atoms with E-state index >= 15 is 4.79 Å². The Morgan fingerprint density at radius 1 is 0.465 bits per heavy atom. The van der Waals surface area contributed by atoms with Crippen molar-refractivity contribution in [2.75, 3.05) is 52.4 Å². The number of unbranched alkanes of at least 4 members (excludes halogenated alkanes) is 2. The monoisotopic (exact) mass is 1600 g/mol. The van der Waals surface area contributed by atoms with E-state index < -0.39 is 162 Å². The molecule has 0 aromatic heterocycles. The second-order valence-corrected chi connectivity index (χ2v) is 29.3. The normalized spacial score (nSPS) is 15.3. The fourth-order valence-corrected chi connectivity index (χ4v) is 12.4. The number of phenolic OH excluding ortho intramolecular Hbond substituents is 1. The topological polar surface area (TPSA) is 669 Å². The summed E-state index contributed by atoms with van der Waals surface area (Å²) >= 11 is 0. The molecule has 0 radical (unpaired) electrons. The number of carbonyl (C=O) groups is 13. The summed E-state index contributed by atoms with van der Waals surface area (Å²) in [6.07, 6.45) is 2.67. The lowest BCUT2D eigenvalue weighted by atomic mass is 9.96. The van der Waals surface area contributed by atoms with Crippen LogP contribution in [0.25, 0.3) is 0 Å². The molecular formula is C75H126N24O15. The smallest absolute Gasteiger partial charge is 0.326 e. The molecule has 0 saturated carbocycles.